The second-order valence-electron chi connectivity index (χ2n) is 6.65. The molecule has 1 rings (SSSR count). The minimum Gasteiger partial charge on any atom is -0.444 e. The second kappa shape index (κ2) is 7.84. The van der Waals surface area contributed by atoms with Crippen molar-refractivity contribution in [3.05, 3.63) is 0 Å². The zero-order chi connectivity index (χ0) is 15.2. The highest BCUT2D eigenvalue weighted by Crippen LogP contribution is 2.23. The number of hydrogen-bond donors (Lipinski definition) is 1. The molecule has 1 atom stereocenters. The largest absolute Gasteiger partial charge is 0.444 e. The van der Waals surface area contributed by atoms with Crippen molar-refractivity contribution >= 4 is 6.09 Å². The van der Waals surface area contributed by atoms with Gasteiger partial charge in [-0.15, -0.1) is 0 Å². The molecule has 0 aromatic carbocycles. The first-order valence-electron chi connectivity index (χ1n) is 7.50. The van der Waals surface area contributed by atoms with Gasteiger partial charge in [0.15, 0.2) is 0 Å². The maximum absolute atomic E-state index is 11.9. The van der Waals surface area contributed by atoms with Crippen LogP contribution >= 0.6 is 0 Å². The highest BCUT2D eigenvalue weighted by molar-refractivity contribution is 5.68. The molecule has 0 saturated heterocycles. The van der Waals surface area contributed by atoms with Crippen molar-refractivity contribution < 1.29 is 14.3 Å². The molecule has 1 fully saturated rings. The van der Waals surface area contributed by atoms with Crippen LogP contribution in [0.5, 0.6) is 0 Å². The second-order valence-corrected chi connectivity index (χ2v) is 6.65. The van der Waals surface area contributed by atoms with E-state index in [1.165, 1.54) is 19.3 Å². The smallest absolute Gasteiger partial charge is 0.407 e. The van der Waals surface area contributed by atoms with Crippen molar-refractivity contribution in [1.29, 1.82) is 0 Å². The predicted octanol–water partition coefficient (Wildman–Crippen LogP) is 2.40. The molecule has 20 heavy (non-hydrogen) atoms. The van der Waals surface area contributed by atoms with Crippen LogP contribution in [0.4, 0.5) is 4.79 Å². The predicted molar refractivity (Wildman–Crippen MR) is 79.9 cm³/mol. The molecule has 118 valence electrons. The van der Waals surface area contributed by atoms with Crippen LogP contribution in [0.1, 0.15) is 46.5 Å². The molecule has 0 aromatic heterocycles. The van der Waals surface area contributed by atoms with Crippen LogP contribution in [0.15, 0.2) is 0 Å². The summed E-state index contributed by atoms with van der Waals surface area (Å²) < 4.78 is 10.4. The number of nitrogens with zero attached hydrogens (tertiary/aromatic N) is 1. The SMILES string of the molecule is COCC[C@@H](CN(C)C1CCC1)NC(=O)OC(C)(C)C. The zero-order valence-electron chi connectivity index (χ0n) is 13.6. The van der Waals surface area contributed by atoms with E-state index in [0.717, 1.165) is 13.0 Å². The van der Waals surface area contributed by atoms with E-state index in [1.54, 1.807) is 7.11 Å². The molecule has 0 aromatic rings. The molecule has 0 unspecified atom stereocenters. The topological polar surface area (TPSA) is 50.8 Å². The molecular weight excluding hydrogens is 256 g/mol. The summed E-state index contributed by atoms with van der Waals surface area (Å²) in [5.74, 6) is 0. The van der Waals surface area contributed by atoms with Crippen LogP contribution in [-0.2, 0) is 9.47 Å². The first-order valence-corrected chi connectivity index (χ1v) is 7.50. The Morgan fingerprint density at radius 1 is 1.40 bits per heavy atom. The van der Waals surface area contributed by atoms with Crippen LogP contribution in [0.2, 0.25) is 0 Å². The summed E-state index contributed by atoms with van der Waals surface area (Å²) in [6.45, 7) is 7.10. The Morgan fingerprint density at radius 2 is 2.05 bits per heavy atom. The minimum atomic E-state index is -0.463. The summed E-state index contributed by atoms with van der Waals surface area (Å²) in [7, 11) is 3.81. The third-order valence-corrected chi connectivity index (χ3v) is 3.60. The van der Waals surface area contributed by atoms with Crippen molar-refractivity contribution in [3.8, 4) is 0 Å². The maximum Gasteiger partial charge on any atom is 0.407 e. The van der Waals surface area contributed by atoms with Gasteiger partial charge in [-0.3, -0.25) is 0 Å². The van der Waals surface area contributed by atoms with Crippen LogP contribution in [0.25, 0.3) is 0 Å². The van der Waals surface area contributed by atoms with Gasteiger partial charge in [0.25, 0.3) is 0 Å². The Morgan fingerprint density at radius 3 is 2.50 bits per heavy atom. The molecule has 1 aliphatic rings. The fourth-order valence-electron chi connectivity index (χ4n) is 2.27. The lowest BCUT2D eigenvalue weighted by molar-refractivity contribution is 0.0463. The molecular formula is C15H30N2O3. The molecule has 0 aliphatic heterocycles. The fourth-order valence-corrected chi connectivity index (χ4v) is 2.27. The van der Waals surface area contributed by atoms with E-state index in [-0.39, 0.29) is 12.1 Å². The Hall–Kier alpha value is -0.810. The fraction of sp³-hybridized carbons (Fsp3) is 0.933. The summed E-state index contributed by atoms with van der Waals surface area (Å²) in [5, 5.41) is 2.96. The van der Waals surface area contributed by atoms with Gasteiger partial charge in [-0.1, -0.05) is 6.42 Å². The minimum absolute atomic E-state index is 0.0652. The summed E-state index contributed by atoms with van der Waals surface area (Å²) in [4.78, 5) is 14.2. The quantitative estimate of drug-likeness (QED) is 0.781. The molecule has 0 radical (unpaired) electrons. The number of alkyl carbamates (subject to hydrolysis) is 1. The van der Waals surface area contributed by atoms with Crippen LogP contribution in [-0.4, -0.2) is 56.0 Å². The molecule has 1 amide bonds. The maximum atomic E-state index is 11.9. The van der Waals surface area contributed by atoms with Gasteiger partial charge >= 0.3 is 6.09 Å². The van der Waals surface area contributed by atoms with Crippen LogP contribution in [0, 0.1) is 0 Å². The number of hydrogen-bond acceptors (Lipinski definition) is 4. The molecule has 1 N–H and O–H groups in total. The average molecular weight is 286 g/mol. The Balaban J connectivity index is 2.43. The normalized spacial score (nSPS) is 17.7. The summed E-state index contributed by atoms with van der Waals surface area (Å²) >= 11 is 0. The lowest BCUT2D eigenvalue weighted by atomic mass is 9.91. The molecule has 5 nitrogen and oxygen atoms in total. The van der Waals surface area contributed by atoms with Crippen molar-refractivity contribution in [3.63, 3.8) is 0 Å². The monoisotopic (exact) mass is 286 g/mol. The van der Waals surface area contributed by atoms with E-state index in [0.29, 0.717) is 12.6 Å². The molecule has 5 heteroatoms. The van der Waals surface area contributed by atoms with E-state index >= 15 is 0 Å². The number of likely N-dealkylation sites (N-methyl/N-ethyl adjacent to an activating group) is 1. The van der Waals surface area contributed by atoms with Crippen molar-refractivity contribution in [1.82, 2.24) is 10.2 Å². The van der Waals surface area contributed by atoms with E-state index < -0.39 is 5.60 Å². The summed E-state index contributed by atoms with van der Waals surface area (Å²) in [6, 6.07) is 0.732. The Kier molecular flexibility index (Phi) is 6.76. The number of methoxy groups -OCH3 is 1. The third kappa shape index (κ3) is 6.57. The third-order valence-electron chi connectivity index (χ3n) is 3.60. The van der Waals surface area contributed by atoms with Crippen molar-refractivity contribution in [2.45, 2.75) is 64.1 Å². The first kappa shape index (κ1) is 17.2. The first-order chi connectivity index (χ1) is 9.31. The Labute approximate surface area is 123 Å². The Bertz CT molecular complexity index is 298. The molecule has 0 heterocycles. The van der Waals surface area contributed by atoms with E-state index in [9.17, 15) is 4.79 Å². The van der Waals surface area contributed by atoms with Gasteiger partial charge in [0.05, 0.1) is 0 Å². The number of carbonyl (C=O) groups is 1. The lowest BCUT2D eigenvalue weighted by Crippen LogP contribution is -2.48. The van der Waals surface area contributed by atoms with Crippen LogP contribution in [0.3, 0.4) is 0 Å². The molecule has 1 saturated carbocycles. The number of carbonyl (C=O) groups excluding carboxylic acids is 1. The van der Waals surface area contributed by atoms with E-state index in [4.69, 9.17) is 9.47 Å². The standard InChI is InChI=1S/C15H30N2O3/c1-15(2,3)20-14(18)16-12(9-10-19-5)11-17(4)13-7-6-8-13/h12-13H,6-11H2,1-5H3,(H,16,18)/t12-/m0/s1. The average Bonchev–Trinajstić information content (AvgIpc) is 2.20. The van der Waals surface area contributed by atoms with Gasteiger partial charge < -0.3 is 19.7 Å². The zero-order valence-corrected chi connectivity index (χ0v) is 13.6. The highest BCUT2D eigenvalue weighted by Gasteiger charge is 2.25. The van der Waals surface area contributed by atoms with Crippen LogP contribution < -0.4 is 5.32 Å². The highest BCUT2D eigenvalue weighted by atomic mass is 16.6. The molecule has 0 spiro atoms. The van der Waals surface area contributed by atoms with Gasteiger partial charge in [-0.05, 0) is 47.1 Å². The van der Waals surface area contributed by atoms with E-state index in [1.807, 2.05) is 20.8 Å². The van der Waals surface area contributed by atoms with Gasteiger partial charge in [-0.2, -0.15) is 0 Å². The summed E-state index contributed by atoms with van der Waals surface area (Å²) in [5.41, 5.74) is -0.463. The van der Waals surface area contributed by atoms with Crippen molar-refractivity contribution in [2.24, 2.45) is 0 Å². The van der Waals surface area contributed by atoms with E-state index in [2.05, 4.69) is 17.3 Å². The number of ether oxygens (including phenoxy) is 2. The summed E-state index contributed by atoms with van der Waals surface area (Å²) in [6.07, 6.45) is 4.30. The van der Waals surface area contributed by atoms with Gasteiger partial charge in [0.2, 0.25) is 0 Å². The van der Waals surface area contributed by atoms with Gasteiger partial charge in [0.1, 0.15) is 5.60 Å². The van der Waals surface area contributed by atoms with Gasteiger partial charge in [0, 0.05) is 32.3 Å². The molecule has 0 bridgehead atoms. The van der Waals surface area contributed by atoms with Crippen molar-refractivity contribution in [2.75, 3.05) is 27.3 Å². The lowest BCUT2D eigenvalue weighted by Gasteiger charge is -2.37. The van der Waals surface area contributed by atoms with Gasteiger partial charge in [-0.25, -0.2) is 4.79 Å². The molecule has 1 aliphatic carbocycles. The number of nitrogens with one attached hydrogen (secondary N) is 1. The number of amides is 1. The number of rotatable bonds is 7.